The van der Waals surface area contributed by atoms with Gasteiger partial charge in [-0.1, -0.05) is 18.2 Å². The number of para-hydroxylation sites is 1. The monoisotopic (exact) mass is 315 g/mol. The molecular formula is C18H18FNO3. The van der Waals surface area contributed by atoms with Crippen LogP contribution < -0.4 is 9.47 Å². The maximum Gasteiger partial charge on any atom is 0.257 e. The van der Waals surface area contributed by atoms with E-state index in [0.29, 0.717) is 30.2 Å². The van der Waals surface area contributed by atoms with Crippen LogP contribution in [-0.4, -0.2) is 37.1 Å². The molecule has 1 atom stereocenters. The van der Waals surface area contributed by atoms with E-state index in [1.54, 1.807) is 36.3 Å². The molecule has 2 aromatic rings. The average molecular weight is 315 g/mol. The number of halogens is 1. The molecular weight excluding hydrogens is 297 g/mol. The predicted molar refractivity (Wildman–Crippen MR) is 84.3 cm³/mol. The van der Waals surface area contributed by atoms with Gasteiger partial charge in [0.1, 0.15) is 23.4 Å². The molecule has 5 heteroatoms. The summed E-state index contributed by atoms with van der Waals surface area (Å²) in [4.78, 5) is 14.3. The maximum absolute atomic E-state index is 13.2. The first-order valence-corrected chi connectivity index (χ1v) is 7.52. The Morgan fingerprint density at radius 3 is 2.83 bits per heavy atom. The maximum atomic E-state index is 13.2. The Kier molecular flexibility index (Phi) is 4.46. The Hall–Kier alpha value is -2.56. The molecule has 0 saturated carbocycles. The van der Waals surface area contributed by atoms with E-state index in [4.69, 9.17) is 9.47 Å². The van der Waals surface area contributed by atoms with Crippen molar-refractivity contribution in [1.29, 1.82) is 0 Å². The van der Waals surface area contributed by atoms with E-state index >= 15 is 0 Å². The summed E-state index contributed by atoms with van der Waals surface area (Å²) in [5, 5.41) is 0. The summed E-state index contributed by atoms with van der Waals surface area (Å²) < 4.78 is 24.2. The van der Waals surface area contributed by atoms with Crippen molar-refractivity contribution in [2.75, 3.05) is 20.2 Å². The first kappa shape index (κ1) is 15.3. The van der Waals surface area contributed by atoms with Gasteiger partial charge in [0.25, 0.3) is 5.91 Å². The number of ether oxygens (including phenoxy) is 2. The Morgan fingerprint density at radius 2 is 2.04 bits per heavy atom. The van der Waals surface area contributed by atoms with E-state index in [0.717, 1.165) is 6.42 Å². The normalized spacial score (nSPS) is 17.1. The number of hydrogen-bond donors (Lipinski definition) is 0. The number of hydrogen-bond acceptors (Lipinski definition) is 3. The molecule has 1 amide bonds. The van der Waals surface area contributed by atoms with Crippen molar-refractivity contribution in [3.63, 3.8) is 0 Å². The van der Waals surface area contributed by atoms with Crippen LogP contribution in [0.15, 0.2) is 48.5 Å². The zero-order valence-corrected chi connectivity index (χ0v) is 12.9. The zero-order chi connectivity index (χ0) is 16.2. The molecule has 0 spiro atoms. The number of carbonyl (C=O) groups excluding carboxylic acids is 1. The minimum Gasteiger partial charge on any atom is -0.496 e. The zero-order valence-electron chi connectivity index (χ0n) is 12.9. The van der Waals surface area contributed by atoms with E-state index < -0.39 is 0 Å². The largest absolute Gasteiger partial charge is 0.496 e. The fourth-order valence-corrected chi connectivity index (χ4v) is 2.73. The summed E-state index contributed by atoms with van der Waals surface area (Å²) in [7, 11) is 1.55. The minimum atomic E-state index is -0.331. The fourth-order valence-electron chi connectivity index (χ4n) is 2.73. The summed E-state index contributed by atoms with van der Waals surface area (Å²) in [5.74, 6) is 0.642. The first-order valence-electron chi connectivity index (χ1n) is 7.52. The smallest absolute Gasteiger partial charge is 0.257 e. The summed E-state index contributed by atoms with van der Waals surface area (Å²) in [5.41, 5.74) is 0.543. The highest BCUT2D eigenvalue weighted by molar-refractivity contribution is 5.97. The molecule has 23 heavy (non-hydrogen) atoms. The van der Waals surface area contributed by atoms with Crippen LogP contribution in [0.3, 0.4) is 0 Å². The molecule has 0 bridgehead atoms. The summed E-state index contributed by atoms with van der Waals surface area (Å²) in [6.45, 7) is 1.09. The molecule has 0 aromatic heterocycles. The van der Waals surface area contributed by atoms with Gasteiger partial charge < -0.3 is 14.4 Å². The standard InChI is InChI=1S/C18H18FNO3/c1-22-17-8-3-2-7-16(17)18(21)20-10-9-15(12-20)23-14-6-4-5-13(19)11-14/h2-8,11,15H,9-10,12H2,1H3. The Balaban J connectivity index is 1.66. The van der Waals surface area contributed by atoms with Crippen LogP contribution >= 0.6 is 0 Å². The van der Waals surface area contributed by atoms with Crippen molar-refractivity contribution in [3.05, 3.63) is 59.9 Å². The Bertz CT molecular complexity index is 704. The number of amides is 1. The average Bonchev–Trinajstić information content (AvgIpc) is 3.02. The van der Waals surface area contributed by atoms with E-state index in [2.05, 4.69) is 0 Å². The number of carbonyl (C=O) groups is 1. The lowest BCUT2D eigenvalue weighted by Gasteiger charge is -2.18. The van der Waals surface area contributed by atoms with Gasteiger partial charge in [0.2, 0.25) is 0 Å². The SMILES string of the molecule is COc1ccccc1C(=O)N1CCC(Oc2cccc(F)c2)C1. The third kappa shape index (κ3) is 3.44. The molecule has 1 fully saturated rings. The third-order valence-electron chi connectivity index (χ3n) is 3.87. The van der Waals surface area contributed by atoms with Gasteiger partial charge in [0.05, 0.1) is 19.2 Å². The first-order chi connectivity index (χ1) is 11.2. The van der Waals surface area contributed by atoms with Crippen molar-refractivity contribution in [3.8, 4) is 11.5 Å². The van der Waals surface area contributed by atoms with Gasteiger partial charge in [-0.25, -0.2) is 4.39 Å². The molecule has 4 nitrogen and oxygen atoms in total. The van der Waals surface area contributed by atoms with Crippen molar-refractivity contribution >= 4 is 5.91 Å². The fraction of sp³-hybridized carbons (Fsp3) is 0.278. The molecule has 120 valence electrons. The van der Waals surface area contributed by atoms with Gasteiger partial charge in [-0.05, 0) is 24.3 Å². The van der Waals surface area contributed by atoms with Gasteiger partial charge in [0, 0.05) is 19.0 Å². The van der Waals surface area contributed by atoms with E-state index in [1.165, 1.54) is 12.1 Å². The highest BCUT2D eigenvalue weighted by atomic mass is 19.1. The number of likely N-dealkylation sites (tertiary alicyclic amines) is 1. The van der Waals surface area contributed by atoms with Gasteiger partial charge in [-0.3, -0.25) is 4.79 Å². The molecule has 0 radical (unpaired) electrons. The van der Waals surface area contributed by atoms with Crippen LogP contribution in [0.25, 0.3) is 0 Å². The van der Waals surface area contributed by atoms with Crippen molar-refractivity contribution in [1.82, 2.24) is 4.90 Å². The quantitative estimate of drug-likeness (QED) is 0.870. The molecule has 1 unspecified atom stereocenters. The molecule has 1 heterocycles. The van der Waals surface area contributed by atoms with Crippen LogP contribution in [0.4, 0.5) is 4.39 Å². The number of methoxy groups -OCH3 is 1. The minimum absolute atomic E-state index is 0.0761. The molecule has 0 aliphatic carbocycles. The topological polar surface area (TPSA) is 38.8 Å². The van der Waals surface area contributed by atoms with E-state index in [9.17, 15) is 9.18 Å². The second-order valence-corrected chi connectivity index (χ2v) is 5.44. The van der Waals surface area contributed by atoms with E-state index in [-0.39, 0.29) is 17.8 Å². The third-order valence-corrected chi connectivity index (χ3v) is 3.87. The second kappa shape index (κ2) is 6.69. The molecule has 3 rings (SSSR count). The van der Waals surface area contributed by atoms with Crippen LogP contribution in [0.1, 0.15) is 16.8 Å². The highest BCUT2D eigenvalue weighted by Gasteiger charge is 2.29. The summed E-state index contributed by atoms with van der Waals surface area (Å²) in [6.07, 6.45) is 0.590. The summed E-state index contributed by atoms with van der Waals surface area (Å²) >= 11 is 0. The summed E-state index contributed by atoms with van der Waals surface area (Å²) in [6, 6.07) is 13.2. The van der Waals surface area contributed by atoms with Crippen LogP contribution in [0, 0.1) is 5.82 Å². The van der Waals surface area contributed by atoms with Crippen LogP contribution in [0.5, 0.6) is 11.5 Å². The van der Waals surface area contributed by atoms with Gasteiger partial charge >= 0.3 is 0 Å². The number of rotatable bonds is 4. The lowest BCUT2D eigenvalue weighted by atomic mass is 10.2. The highest BCUT2D eigenvalue weighted by Crippen LogP contribution is 2.24. The number of nitrogens with zero attached hydrogens (tertiary/aromatic N) is 1. The number of benzene rings is 2. The van der Waals surface area contributed by atoms with Crippen molar-refractivity contribution in [2.45, 2.75) is 12.5 Å². The van der Waals surface area contributed by atoms with E-state index in [1.807, 2.05) is 12.1 Å². The molecule has 1 aliphatic heterocycles. The molecule has 1 saturated heterocycles. The van der Waals surface area contributed by atoms with Crippen molar-refractivity contribution < 1.29 is 18.7 Å². The molecule has 2 aromatic carbocycles. The predicted octanol–water partition coefficient (Wildman–Crippen LogP) is 3.13. The van der Waals surface area contributed by atoms with Gasteiger partial charge in [0.15, 0.2) is 0 Å². The van der Waals surface area contributed by atoms with Crippen molar-refractivity contribution in [2.24, 2.45) is 0 Å². The molecule has 1 aliphatic rings. The van der Waals surface area contributed by atoms with Gasteiger partial charge in [-0.15, -0.1) is 0 Å². The lowest BCUT2D eigenvalue weighted by Crippen LogP contribution is -2.31. The Labute approximate surface area is 134 Å². The van der Waals surface area contributed by atoms with Crippen LogP contribution in [0.2, 0.25) is 0 Å². The molecule has 0 N–H and O–H groups in total. The van der Waals surface area contributed by atoms with Crippen LogP contribution in [-0.2, 0) is 0 Å². The Morgan fingerprint density at radius 1 is 1.22 bits per heavy atom. The van der Waals surface area contributed by atoms with Gasteiger partial charge in [-0.2, -0.15) is 0 Å². The lowest BCUT2D eigenvalue weighted by molar-refractivity contribution is 0.0769. The second-order valence-electron chi connectivity index (χ2n) is 5.44.